The van der Waals surface area contributed by atoms with Crippen molar-refractivity contribution < 1.29 is 27.5 Å². The number of carbonyl (C=O) groups excluding carboxylic acids is 2. The number of carbonyl (C=O) groups is 2. The summed E-state index contributed by atoms with van der Waals surface area (Å²) in [5.74, 6) is -0.573. The van der Waals surface area contributed by atoms with Gasteiger partial charge in [-0.25, -0.2) is 4.79 Å². The van der Waals surface area contributed by atoms with Gasteiger partial charge in [0.2, 0.25) is 5.60 Å². The fraction of sp³-hybridized carbons (Fsp3) is 0.818. The van der Waals surface area contributed by atoms with Crippen molar-refractivity contribution >= 4 is 11.9 Å². The number of nitrogens with one attached hydrogen (secondary N) is 1. The summed E-state index contributed by atoms with van der Waals surface area (Å²) in [5.41, 5.74) is -2.60. The minimum atomic E-state index is -4.67. The van der Waals surface area contributed by atoms with E-state index in [1.54, 1.807) is 13.8 Å². The van der Waals surface area contributed by atoms with Crippen molar-refractivity contribution in [3.63, 3.8) is 0 Å². The van der Waals surface area contributed by atoms with E-state index in [0.29, 0.717) is 0 Å². The fourth-order valence-electron chi connectivity index (χ4n) is 1.18. The minimum absolute atomic E-state index is 0.232. The number of alkyl carbamates (subject to hydrolysis) is 1. The first-order chi connectivity index (χ1) is 7.88. The Kier molecular flexibility index (Phi) is 5.19. The highest BCUT2D eigenvalue weighted by atomic mass is 19.4. The molecule has 0 saturated heterocycles. The van der Waals surface area contributed by atoms with Crippen molar-refractivity contribution in [3.05, 3.63) is 0 Å². The zero-order valence-corrected chi connectivity index (χ0v) is 11.0. The van der Waals surface area contributed by atoms with Crippen molar-refractivity contribution in [2.45, 2.75) is 52.4 Å². The molecule has 0 aromatic heterocycles. The molecule has 7 heteroatoms. The molecule has 0 aromatic rings. The smallest absolute Gasteiger partial charge is 0.427 e. The summed E-state index contributed by atoms with van der Waals surface area (Å²) in [6, 6.07) is -0.860. The molecule has 0 fully saturated rings. The average Bonchev–Trinajstić information content (AvgIpc) is 2.10. The van der Waals surface area contributed by atoms with Crippen LogP contribution in [0.5, 0.6) is 0 Å². The zero-order valence-electron chi connectivity index (χ0n) is 11.0. The Morgan fingerprint density at radius 2 is 1.61 bits per heavy atom. The first-order valence-electron chi connectivity index (χ1n) is 5.45. The van der Waals surface area contributed by atoms with E-state index in [2.05, 4.69) is 10.1 Å². The second-order valence-corrected chi connectivity index (χ2v) is 4.87. The van der Waals surface area contributed by atoms with E-state index in [-0.39, 0.29) is 11.7 Å². The van der Waals surface area contributed by atoms with Crippen LogP contribution in [0.15, 0.2) is 0 Å². The SMILES string of the molecule is CC(=O)C(NC(=O)OC(C)(C)C(F)(F)F)C(C)C. The monoisotopic (exact) mass is 269 g/mol. The Hall–Kier alpha value is -1.27. The molecular weight excluding hydrogens is 251 g/mol. The Morgan fingerprint density at radius 3 is 1.89 bits per heavy atom. The Bertz CT molecular complexity index is 324. The third-order valence-corrected chi connectivity index (χ3v) is 2.41. The summed E-state index contributed by atoms with van der Waals surface area (Å²) >= 11 is 0. The molecule has 0 bridgehead atoms. The maximum atomic E-state index is 12.5. The van der Waals surface area contributed by atoms with Crippen LogP contribution in [0.3, 0.4) is 0 Å². The van der Waals surface area contributed by atoms with E-state index in [1.807, 2.05) is 0 Å². The van der Waals surface area contributed by atoms with Crippen LogP contribution in [-0.4, -0.2) is 29.7 Å². The van der Waals surface area contributed by atoms with E-state index in [4.69, 9.17) is 0 Å². The predicted molar refractivity (Wildman–Crippen MR) is 59.1 cm³/mol. The van der Waals surface area contributed by atoms with Crippen LogP contribution in [0.2, 0.25) is 0 Å². The molecule has 4 nitrogen and oxygen atoms in total. The molecule has 18 heavy (non-hydrogen) atoms. The molecular formula is C11H18F3NO3. The maximum Gasteiger partial charge on any atom is 0.427 e. The van der Waals surface area contributed by atoms with Crippen LogP contribution in [0.4, 0.5) is 18.0 Å². The highest BCUT2D eigenvalue weighted by Gasteiger charge is 2.51. The quantitative estimate of drug-likeness (QED) is 0.853. The van der Waals surface area contributed by atoms with Crippen LogP contribution in [0, 0.1) is 5.92 Å². The number of halogens is 3. The van der Waals surface area contributed by atoms with E-state index >= 15 is 0 Å². The van der Waals surface area contributed by atoms with Crippen LogP contribution in [0.25, 0.3) is 0 Å². The van der Waals surface area contributed by atoms with Gasteiger partial charge in [-0.1, -0.05) is 13.8 Å². The highest BCUT2D eigenvalue weighted by Crippen LogP contribution is 2.32. The molecule has 1 N–H and O–H groups in total. The molecule has 0 rings (SSSR count). The second kappa shape index (κ2) is 5.58. The van der Waals surface area contributed by atoms with Crippen molar-refractivity contribution in [3.8, 4) is 0 Å². The molecule has 1 amide bonds. The van der Waals surface area contributed by atoms with Gasteiger partial charge in [0.1, 0.15) is 0 Å². The van der Waals surface area contributed by atoms with Gasteiger partial charge in [0, 0.05) is 0 Å². The fourth-order valence-corrected chi connectivity index (χ4v) is 1.18. The largest absolute Gasteiger partial charge is 0.434 e. The van der Waals surface area contributed by atoms with Gasteiger partial charge in [0.05, 0.1) is 6.04 Å². The molecule has 1 unspecified atom stereocenters. The lowest BCUT2D eigenvalue weighted by atomic mass is 10.0. The molecule has 0 aliphatic rings. The molecule has 0 spiro atoms. The number of rotatable bonds is 4. The molecule has 1 atom stereocenters. The van der Waals surface area contributed by atoms with Gasteiger partial charge < -0.3 is 10.1 Å². The summed E-state index contributed by atoms with van der Waals surface area (Å²) < 4.78 is 41.7. The Morgan fingerprint density at radius 1 is 1.17 bits per heavy atom. The summed E-state index contributed by atoms with van der Waals surface area (Å²) in [6.07, 6.45) is -5.93. The maximum absolute atomic E-state index is 12.5. The number of hydrogen-bond acceptors (Lipinski definition) is 3. The van der Waals surface area contributed by atoms with Gasteiger partial charge in [-0.2, -0.15) is 13.2 Å². The minimum Gasteiger partial charge on any atom is -0.434 e. The molecule has 0 aliphatic heterocycles. The molecule has 0 aliphatic carbocycles. The highest BCUT2D eigenvalue weighted by molar-refractivity contribution is 5.85. The van der Waals surface area contributed by atoms with Crippen LogP contribution < -0.4 is 5.32 Å². The van der Waals surface area contributed by atoms with Gasteiger partial charge in [-0.3, -0.25) is 4.79 Å². The first kappa shape index (κ1) is 16.7. The van der Waals surface area contributed by atoms with E-state index < -0.39 is 23.9 Å². The Labute approximate surface area is 104 Å². The zero-order chi connectivity index (χ0) is 14.7. The van der Waals surface area contributed by atoms with Gasteiger partial charge >= 0.3 is 12.3 Å². The van der Waals surface area contributed by atoms with Crippen LogP contribution in [0.1, 0.15) is 34.6 Å². The number of hydrogen-bond donors (Lipinski definition) is 1. The van der Waals surface area contributed by atoms with Crippen molar-refractivity contribution in [2.75, 3.05) is 0 Å². The van der Waals surface area contributed by atoms with Crippen molar-refractivity contribution in [1.29, 1.82) is 0 Å². The van der Waals surface area contributed by atoms with Gasteiger partial charge in [-0.15, -0.1) is 0 Å². The molecule has 0 heterocycles. The average molecular weight is 269 g/mol. The van der Waals surface area contributed by atoms with Crippen LogP contribution in [-0.2, 0) is 9.53 Å². The molecule has 0 aromatic carbocycles. The number of Topliss-reactive ketones (excluding diaryl/α,β-unsaturated/α-hetero) is 1. The van der Waals surface area contributed by atoms with E-state index in [1.165, 1.54) is 6.92 Å². The third kappa shape index (κ3) is 4.54. The van der Waals surface area contributed by atoms with Gasteiger partial charge in [0.15, 0.2) is 5.78 Å². The summed E-state index contributed by atoms with van der Waals surface area (Å²) in [6.45, 7) is 6.07. The van der Waals surface area contributed by atoms with E-state index in [0.717, 1.165) is 13.8 Å². The number of amides is 1. The lowest BCUT2D eigenvalue weighted by Gasteiger charge is -2.29. The summed E-state index contributed by atoms with van der Waals surface area (Å²) in [7, 11) is 0. The topological polar surface area (TPSA) is 55.4 Å². The van der Waals surface area contributed by atoms with Gasteiger partial charge in [0.25, 0.3) is 0 Å². The van der Waals surface area contributed by atoms with E-state index in [9.17, 15) is 22.8 Å². The Balaban J connectivity index is 4.66. The standard InChI is InChI=1S/C11H18F3NO3/c1-6(2)8(7(3)16)15-9(17)18-10(4,5)11(12,13)14/h6,8H,1-5H3,(H,15,17). The summed E-state index contributed by atoms with van der Waals surface area (Å²) in [5, 5.41) is 2.13. The van der Waals surface area contributed by atoms with Crippen LogP contribution >= 0.6 is 0 Å². The normalized spacial score (nSPS) is 14.3. The molecule has 0 saturated carbocycles. The lowest BCUT2D eigenvalue weighted by Crippen LogP contribution is -2.50. The first-order valence-corrected chi connectivity index (χ1v) is 5.45. The number of ether oxygens (including phenoxy) is 1. The third-order valence-electron chi connectivity index (χ3n) is 2.41. The van der Waals surface area contributed by atoms with Crippen molar-refractivity contribution in [1.82, 2.24) is 5.32 Å². The lowest BCUT2D eigenvalue weighted by molar-refractivity contribution is -0.244. The summed E-state index contributed by atoms with van der Waals surface area (Å²) in [4.78, 5) is 22.5. The molecule has 0 radical (unpaired) electrons. The van der Waals surface area contributed by atoms with Gasteiger partial charge in [-0.05, 0) is 26.7 Å². The second-order valence-electron chi connectivity index (χ2n) is 4.87. The number of ketones is 1. The predicted octanol–water partition coefficient (Wildman–Crippen LogP) is 2.67. The van der Waals surface area contributed by atoms with Crippen molar-refractivity contribution in [2.24, 2.45) is 5.92 Å². The molecule has 106 valence electrons. The number of alkyl halides is 3.